The highest BCUT2D eigenvalue weighted by atomic mass is 19.1. The quantitative estimate of drug-likeness (QED) is 0.841. The van der Waals surface area contributed by atoms with E-state index in [1.54, 1.807) is 0 Å². The van der Waals surface area contributed by atoms with Crippen molar-refractivity contribution >= 4 is 5.69 Å². The first-order chi connectivity index (χ1) is 10.1. The zero-order valence-electron chi connectivity index (χ0n) is 11.9. The molecule has 2 N–H and O–H groups in total. The van der Waals surface area contributed by atoms with Crippen molar-refractivity contribution in [2.45, 2.75) is 25.8 Å². The molecule has 0 bridgehead atoms. The Morgan fingerprint density at radius 1 is 1.14 bits per heavy atom. The van der Waals surface area contributed by atoms with E-state index in [9.17, 15) is 8.78 Å². The highest BCUT2D eigenvalue weighted by Gasteiger charge is 2.11. The van der Waals surface area contributed by atoms with Gasteiger partial charge in [0.1, 0.15) is 11.6 Å². The van der Waals surface area contributed by atoms with Crippen LogP contribution in [0.2, 0.25) is 0 Å². The minimum atomic E-state index is -0.575. The molecule has 21 heavy (non-hydrogen) atoms. The molecule has 0 aliphatic rings. The fourth-order valence-corrected chi connectivity index (χ4v) is 2.28. The van der Waals surface area contributed by atoms with Crippen LogP contribution in [0.15, 0.2) is 42.5 Å². The first-order valence-corrected chi connectivity index (χ1v) is 7.01. The average molecular weight is 291 g/mol. The van der Waals surface area contributed by atoms with E-state index >= 15 is 0 Å². The van der Waals surface area contributed by atoms with Crippen LogP contribution < -0.4 is 5.32 Å². The van der Waals surface area contributed by atoms with Gasteiger partial charge < -0.3 is 10.4 Å². The normalized spacial score (nSPS) is 12.2. The maximum Gasteiger partial charge on any atom is 0.131 e. The summed E-state index contributed by atoms with van der Waals surface area (Å²) in [5.74, 6) is -1.12. The van der Waals surface area contributed by atoms with E-state index in [0.717, 1.165) is 23.7 Å². The van der Waals surface area contributed by atoms with Crippen LogP contribution in [0, 0.1) is 11.6 Å². The number of benzene rings is 2. The molecule has 2 nitrogen and oxygen atoms in total. The SMILES string of the molecule is CC(Nc1cccc(CCCO)c1)c1ccc(F)cc1F. The first kappa shape index (κ1) is 15.4. The maximum absolute atomic E-state index is 13.7. The zero-order chi connectivity index (χ0) is 15.2. The highest BCUT2D eigenvalue weighted by molar-refractivity contribution is 5.47. The second kappa shape index (κ2) is 7.18. The Morgan fingerprint density at radius 2 is 1.95 bits per heavy atom. The number of aliphatic hydroxyl groups excluding tert-OH is 1. The molecule has 2 rings (SSSR count). The fourth-order valence-electron chi connectivity index (χ4n) is 2.28. The zero-order valence-corrected chi connectivity index (χ0v) is 11.9. The van der Waals surface area contributed by atoms with Crippen LogP contribution in [0.25, 0.3) is 0 Å². The molecule has 0 heterocycles. The van der Waals surface area contributed by atoms with E-state index in [-0.39, 0.29) is 12.6 Å². The molecule has 0 aliphatic heterocycles. The number of halogens is 2. The lowest BCUT2D eigenvalue weighted by Crippen LogP contribution is -2.09. The summed E-state index contributed by atoms with van der Waals surface area (Å²) in [5, 5.41) is 12.1. The van der Waals surface area contributed by atoms with Crippen molar-refractivity contribution in [3.8, 4) is 0 Å². The number of hydrogen-bond donors (Lipinski definition) is 2. The largest absolute Gasteiger partial charge is 0.396 e. The van der Waals surface area contributed by atoms with Crippen molar-refractivity contribution in [1.29, 1.82) is 0 Å². The smallest absolute Gasteiger partial charge is 0.131 e. The summed E-state index contributed by atoms with van der Waals surface area (Å²) in [6.07, 6.45) is 1.51. The van der Waals surface area contributed by atoms with Crippen LogP contribution in [-0.2, 0) is 6.42 Å². The summed E-state index contributed by atoms with van der Waals surface area (Å²) in [4.78, 5) is 0. The second-order valence-corrected chi connectivity index (χ2v) is 5.06. The van der Waals surface area contributed by atoms with Gasteiger partial charge in [0.25, 0.3) is 0 Å². The van der Waals surface area contributed by atoms with Gasteiger partial charge in [-0.05, 0) is 43.5 Å². The average Bonchev–Trinajstić information content (AvgIpc) is 2.45. The Kier molecular flexibility index (Phi) is 5.28. The Balaban J connectivity index is 2.10. The van der Waals surface area contributed by atoms with Crippen LogP contribution in [0.5, 0.6) is 0 Å². The van der Waals surface area contributed by atoms with Gasteiger partial charge in [0, 0.05) is 23.9 Å². The van der Waals surface area contributed by atoms with Crippen LogP contribution in [0.4, 0.5) is 14.5 Å². The molecular weight excluding hydrogens is 272 g/mol. The summed E-state index contributed by atoms with van der Waals surface area (Å²) in [6, 6.07) is 11.1. The number of aliphatic hydroxyl groups is 1. The van der Waals surface area contributed by atoms with Gasteiger partial charge in [0.15, 0.2) is 0 Å². The second-order valence-electron chi connectivity index (χ2n) is 5.06. The molecule has 0 aliphatic carbocycles. The molecule has 112 valence electrons. The highest BCUT2D eigenvalue weighted by Crippen LogP contribution is 2.23. The molecule has 4 heteroatoms. The van der Waals surface area contributed by atoms with Gasteiger partial charge in [-0.2, -0.15) is 0 Å². The lowest BCUT2D eigenvalue weighted by atomic mass is 10.1. The maximum atomic E-state index is 13.7. The number of anilines is 1. The molecule has 1 unspecified atom stereocenters. The topological polar surface area (TPSA) is 32.3 Å². The molecule has 0 amide bonds. The lowest BCUT2D eigenvalue weighted by Gasteiger charge is -2.17. The molecule has 0 aromatic heterocycles. The predicted molar refractivity (Wildman–Crippen MR) is 80.2 cm³/mol. The number of aryl methyl sites for hydroxylation is 1. The Labute approximate surface area is 123 Å². The number of nitrogens with one attached hydrogen (secondary N) is 1. The molecule has 0 saturated heterocycles. The third-order valence-corrected chi connectivity index (χ3v) is 3.36. The van der Waals surface area contributed by atoms with Crippen LogP contribution in [0.1, 0.15) is 30.5 Å². The van der Waals surface area contributed by atoms with Gasteiger partial charge in [-0.1, -0.05) is 18.2 Å². The van der Waals surface area contributed by atoms with Gasteiger partial charge in [-0.3, -0.25) is 0 Å². The van der Waals surface area contributed by atoms with Gasteiger partial charge in [-0.25, -0.2) is 8.78 Å². The Bertz CT molecular complexity index is 601. The van der Waals surface area contributed by atoms with E-state index in [2.05, 4.69) is 5.32 Å². The minimum absolute atomic E-state index is 0.162. The Hall–Kier alpha value is -1.94. The third-order valence-electron chi connectivity index (χ3n) is 3.36. The summed E-state index contributed by atoms with van der Waals surface area (Å²) in [6.45, 7) is 1.99. The van der Waals surface area contributed by atoms with Crippen molar-refractivity contribution in [3.05, 3.63) is 65.2 Å². The molecule has 1 atom stereocenters. The molecule has 2 aromatic rings. The monoisotopic (exact) mass is 291 g/mol. The van der Waals surface area contributed by atoms with E-state index in [0.29, 0.717) is 12.0 Å². The van der Waals surface area contributed by atoms with Crippen molar-refractivity contribution < 1.29 is 13.9 Å². The fraction of sp³-hybridized carbons (Fsp3) is 0.294. The molecule has 0 radical (unpaired) electrons. The molecule has 0 saturated carbocycles. The number of hydrogen-bond acceptors (Lipinski definition) is 2. The van der Waals surface area contributed by atoms with Crippen molar-refractivity contribution in [2.75, 3.05) is 11.9 Å². The summed E-state index contributed by atoms with van der Waals surface area (Å²) in [7, 11) is 0. The van der Waals surface area contributed by atoms with Gasteiger partial charge in [0.05, 0.1) is 6.04 Å². The van der Waals surface area contributed by atoms with Gasteiger partial charge in [-0.15, -0.1) is 0 Å². The standard InChI is InChI=1S/C17H19F2NO/c1-12(16-8-7-14(18)11-17(16)19)20-15-6-2-4-13(10-15)5-3-9-21/h2,4,6-8,10-12,20-21H,3,5,9H2,1H3. The van der Waals surface area contributed by atoms with Gasteiger partial charge >= 0.3 is 0 Å². The van der Waals surface area contributed by atoms with E-state index in [1.165, 1.54) is 12.1 Å². The molecule has 0 fully saturated rings. The Morgan fingerprint density at radius 3 is 2.67 bits per heavy atom. The molecule has 0 spiro atoms. The third kappa shape index (κ3) is 4.26. The van der Waals surface area contributed by atoms with Crippen LogP contribution in [0.3, 0.4) is 0 Å². The summed E-state index contributed by atoms with van der Waals surface area (Å²) >= 11 is 0. The van der Waals surface area contributed by atoms with E-state index in [1.807, 2.05) is 31.2 Å². The molecular formula is C17H19F2NO. The van der Waals surface area contributed by atoms with Crippen molar-refractivity contribution in [1.82, 2.24) is 0 Å². The summed E-state index contributed by atoms with van der Waals surface area (Å²) < 4.78 is 26.7. The molecule has 2 aromatic carbocycles. The summed E-state index contributed by atoms with van der Waals surface area (Å²) in [5.41, 5.74) is 2.42. The van der Waals surface area contributed by atoms with Crippen LogP contribution in [-0.4, -0.2) is 11.7 Å². The lowest BCUT2D eigenvalue weighted by molar-refractivity contribution is 0.288. The van der Waals surface area contributed by atoms with Crippen LogP contribution >= 0.6 is 0 Å². The van der Waals surface area contributed by atoms with Gasteiger partial charge in [0.2, 0.25) is 0 Å². The predicted octanol–water partition coefficient (Wildman–Crippen LogP) is 4.06. The first-order valence-electron chi connectivity index (χ1n) is 7.01. The number of rotatable bonds is 6. The van der Waals surface area contributed by atoms with Crippen molar-refractivity contribution in [3.63, 3.8) is 0 Å². The minimum Gasteiger partial charge on any atom is -0.396 e. The van der Waals surface area contributed by atoms with E-state index in [4.69, 9.17) is 5.11 Å². The van der Waals surface area contributed by atoms with E-state index < -0.39 is 11.6 Å². The van der Waals surface area contributed by atoms with Crippen molar-refractivity contribution in [2.24, 2.45) is 0 Å².